The molecule has 11 nitrogen and oxygen atoms in total. The van der Waals surface area contributed by atoms with Gasteiger partial charge in [-0.05, 0) is 45.3 Å². The van der Waals surface area contributed by atoms with Gasteiger partial charge in [-0.3, -0.25) is 0 Å². The van der Waals surface area contributed by atoms with Crippen LogP contribution >= 0.6 is 11.3 Å². The van der Waals surface area contributed by atoms with Gasteiger partial charge < -0.3 is 5.11 Å². The molecule has 3 aromatic heterocycles. The smallest absolute Gasteiger partial charge is 0.238 e. The van der Waals surface area contributed by atoms with Crippen LogP contribution in [0.3, 0.4) is 0 Å². The molecule has 194 valence electrons. The maximum absolute atomic E-state index is 11.7. The normalized spacial score (nSPS) is 11.6. The maximum Gasteiger partial charge on any atom is 0.238 e. The van der Waals surface area contributed by atoms with Crippen LogP contribution in [0.2, 0.25) is 0 Å². The molecule has 0 aliphatic rings. The number of aromatic hydroxyl groups is 1. The molecule has 13 heteroatoms. The molecule has 0 spiro atoms. The third-order valence-corrected chi connectivity index (χ3v) is 7.84. The van der Waals surface area contributed by atoms with Crippen molar-refractivity contribution < 1.29 is 13.5 Å². The van der Waals surface area contributed by atoms with Crippen LogP contribution in [0.25, 0.3) is 39.0 Å². The van der Waals surface area contributed by atoms with Crippen LogP contribution in [0.5, 0.6) is 5.88 Å². The fourth-order valence-electron chi connectivity index (χ4n) is 4.19. The molecule has 0 aliphatic carbocycles. The van der Waals surface area contributed by atoms with Gasteiger partial charge in [-0.1, -0.05) is 60.7 Å². The van der Waals surface area contributed by atoms with Gasteiger partial charge in [-0.2, -0.15) is 9.78 Å². The van der Waals surface area contributed by atoms with Crippen molar-refractivity contribution >= 4 is 21.4 Å². The Bertz CT molecular complexity index is 1860. The number of aromatic nitrogens is 7. The van der Waals surface area contributed by atoms with Crippen LogP contribution in [0.1, 0.15) is 11.1 Å². The maximum atomic E-state index is 11.7. The molecule has 0 bridgehead atoms. The number of primary sulfonamides is 1. The Labute approximate surface area is 226 Å². The van der Waals surface area contributed by atoms with Crippen LogP contribution in [0.4, 0.5) is 0 Å². The Morgan fingerprint density at radius 1 is 0.949 bits per heavy atom. The number of nitrogens with zero attached hydrogens (tertiary/aromatic N) is 6. The second-order valence-electron chi connectivity index (χ2n) is 8.64. The van der Waals surface area contributed by atoms with Crippen molar-refractivity contribution in [1.29, 1.82) is 0 Å². The highest BCUT2D eigenvalue weighted by Crippen LogP contribution is 2.36. The van der Waals surface area contributed by atoms with Crippen LogP contribution in [-0.4, -0.2) is 48.9 Å². The van der Waals surface area contributed by atoms with E-state index in [2.05, 4.69) is 25.6 Å². The molecule has 0 unspecified atom stereocenters. The number of nitrogens with two attached hydrogens (primary N) is 1. The summed E-state index contributed by atoms with van der Waals surface area (Å²) in [6.07, 6.45) is 0.284. The Balaban J connectivity index is 1.45. The standard InChI is InChI=1S/C26H20N8O3S2/c27-39(36,37)20-11-9-16(10-12-20)13-21-23(19-8-4-7-18(14-19)17-5-2-1-3-6-17)31-34(25(21)35)26-28-22(15-38-26)24-29-32-33-30-24/h1-12,14-15,35H,13H2,(H2,27,36,37)(H,29,30,32,33). The summed E-state index contributed by atoms with van der Waals surface area (Å²) in [5.41, 5.74) is 5.26. The third-order valence-electron chi connectivity index (χ3n) is 6.09. The molecule has 6 aromatic rings. The van der Waals surface area contributed by atoms with E-state index in [1.165, 1.54) is 28.2 Å². The zero-order valence-electron chi connectivity index (χ0n) is 20.1. The Morgan fingerprint density at radius 3 is 2.41 bits per heavy atom. The first-order valence-electron chi connectivity index (χ1n) is 11.7. The van der Waals surface area contributed by atoms with Crippen molar-refractivity contribution in [2.24, 2.45) is 5.14 Å². The number of benzene rings is 3. The summed E-state index contributed by atoms with van der Waals surface area (Å²) < 4.78 is 24.8. The molecule has 0 saturated carbocycles. The average molecular weight is 557 g/mol. The third kappa shape index (κ3) is 4.93. The number of aromatic amines is 1. The first kappa shape index (κ1) is 24.6. The molecule has 0 saturated heterocycles. The van der Waals surface area contributed by atoms with Crippen molar-refractivity contribution in [3.8, 4) is 44.9 Å². The van der Waals surface area contributed by atoms with E-state index in [0.717, 1.165) is 22.3 Å². The summed E-state index contributed by atoms with van der Waals surface area (Å²) in [5, 5.41) is 37.3. The fraction of sp³-hybridized carbons (Fsp3) is 0.0385. The molecule has 3 aromatic carbocycles. The highest BCUT2D eigenvalue weighted by molar-refractivity contribution is 7.89. The SMILES string of the molecule is NS(=O)(=O)c1ccc(Cc2c(-c3cccc(-c4ccccc4)c3)nn(-c3nc(-c4nnn[nH]4)cs3)c2O)cc1. The number of hydrogen-bond acceptors (Lipinski definition) is 9. The van der Waals surface area contributed by atoms with Gasteiger partial charge in [0.1, 0.15) is 11.4 Å². The lowest BCUT2D eigenvalue weighted by molar-refractivity contribution is 0.428. The minimum Gasteiger partial charge on any atom is -0.493 e. The quantitative estimate of drug-likeness (QED) is 0.267. The van der Waals surface area contributed by atoms with E-state index in [4.69, 9.17) is 10.2 Å². The van der Waals surface area contributed by atoms with Gasteiger partial charge >= 0.3 is 0 Å². The number of rotatable bonds is 7. The van der Waals surface area contributed by atoms with Gasteiger partial charge in [-0.25, -0.2) is 23.6 Å². The first-order valence-corrected chi connectivity index (χ1v) is 14.1. The molecule has 0 atom stereocenters. The van der Waals surface area contributed by atoms with E-state index in [9.17, 15) is 13.5 Å². The van der Waals surface area contributed by atoms with Crippen LogP contribution in [-0.2, 0) is 16.4 Å². The van der Waals surface area contributed by atoms with E-state index in [1.807, 2.05) is 54.6 Å². The minimum absolute atomic E-state index is 0.0131. The molecular formula is C26H20N8O3S2. The van der Waals surface area contributed by atoms with Crippen LogP contribution < -0.4 is 5.14 Å². The summed E-state index contributed by atoms with van der Waals surface area (Å²) in [5.74, 6) is 0.317. The number of sulfonamides is 1. The number of nitrogens with one attached hydrogen (secondary N) is 1. The molecule has 6 rings (SSSR count). The molecule has 0 amide bonds. The zero-order chi connectivity index (χ0) is 27.0. The van der Waals surface area contributed by atoms with E-state index >= 15 is 0 Å². The summed E-state index contributed by atoms with van der Waals surface area (Å²) in [6.45, 7) is 0. The van der Waals surface area contributed by atoms with Gasteiger partial charge in [0, 0.05) is 22.9 Å². The van der Waals surface area contributed by atoms with Crippen molar-refractivity contribution in [3.63, 3.8) is 0 Å². The van der Waals surface area contributed by atoms with E-state index < -0.39 is 10.0 Å². The first-order chi connectivity index (χ1) is 18.9. The van der Waals surface area contributed by atoms with Crippen LogP contribution in [0.15, 0.2) is 89.1 Å². The van der Waals surface area contributed by atoms with Gasteiger partial charge in [0.05, 0.1) is 4.90 Å². The second-order valence-corrected chi connectivity index (χ2v) is 11.0. The van der Waals surface area contributed by atoms with Gasteiger partial charge in [0.2, 0.25) is 21.0 Å². The highest BCUT2D eigenvalue weighted by Gasteiger charge is 2.23. The summed E-state index contributed by atoms with van der Waals surface area (Å²) in [7, 11) is -3.82. The van der Waals surface area contributed by atoms with E-state index in [-0.39, 0.29) is 17.2 Å². The second kappa shape index (κ2) is 9.87. The van der Waals surface area contributed by atoms with Crippen molar-refractivity contribution in [2.45, 2.75) is 11.3 Å². The van der Waals surface area contributed by atoms with Crippen molar-refractivity contribution in [1.82, 2.24) is 35.4 Å². The largest absolute Gasteiger partial charge is 0.493 e. The number of H-pyrrole nitrogens is 1. The summed E-state index contributed by atoms with van der Waals surface area (Å²) in [6, 6.07) is 24.1. The number of hydrogen-bond donors (Lipinski definition) is 3. The van der Waals surface area contributed by atoms with Gasteiger partial charge in [0.25, 0.3) is 0 Å². The number of tetrazole rings is 1. The monoisotopic (exact) mass is 556 g/mol. The number of thiazole rings is 1. The predicted octanol–water partition coefficient (Wildman–Crippen LogP) is 3.79. The molecule has 39 heavy (non-hydrogen) atoms. The van der Waals surface area contributed by atoms with Gasteiger partial charge in [0.15, 0.2) is 5.82 Å². The Hall–Kier alpha value is -4.72. The van der Waals surface area contributed by atoms with E-state index in [1.54, 1.807) is 17.5 Å². The molecule has 3 heterocycles. The predicted molar refractivity (Wildman–Crippen MR) is 146 cm³/mol. The molecule has 0 fully saturated rings. The molecular weight excluding hydrogens is 536 g/mol. The Morgan fingerprint density at radius 2 is 1.69 bits per heavy atom. The lowest BCUT2D eigenvalue weighted by Crippen LogP contribution is -2.11. The van der Waals surface area contributed by atoms with Crippen LogP contribution in [0, 0.1) is 0 Å². The summed E-state index contributed by atoms with van der Waals surface area (Å²) >= 11 is 1.28. The lowest BCUT2D eigenvalue weighted by Gasteiger charge is -2.07. The minimum atomic E-state index is -3.82. The van der Waals surface area contributed by atoms with E-state index in [0.29, 0.717) is 27.9 Å². The topological polar surface area (TPSA) is 166 Å². The fourth-order valence-corrected chi connectivity index (χ4v) is 5.46. The Kier molecular flexibility index (Phi) is 6.23. The molecule has 0 aliphatic heterocycles. The lowest BCUT2D eigenvalue weighted by atomic mass is 9.98. The van der Waals surface area contributed by atoms with Crippen molar-refractivity contribution in [2.75, 3.05) is 0 Å². The summed E-state index contributed by atoms with van der Waals surface area (Å²) in [4.78, 5) is 4.56. The molecule has 4 N–H and O–H groups in total. The molecule has 0 radical (unpaired) electrons. The van der Waals surface area contributed by atoms with Crippen molar-refractivity contribution in [3.05, 3.63) is 95.4 Å². The zero-order valence-corrected chi connectivity index (χ0v) is 21.8. The average Bonchev–Trinajstić information content (AvgIpc) is 3.71. The highest BCUT2D eigenvalue weighted by atomic mass is 32.2. The van der Waals surface area contributed by atoms with Gasteiger partial charge in [-0.15, -0.1) is 16.4 Å².